The van der Waals surface area contributed by atoms with E-state index in [9.17, 15) is 14.7 Å². The van der Waals surface area contributed by atoms with Crippen LogP contribution < -0.4 is 5.32 Å². The lowest BCUT2D eigenvalue weighted by Gasteiger charge is -2.14. The number of benzene rings is 1. The van der Waals surface area contributed by atoms with E-state index in [4.69, 9.17) is 0 Å². The summed E-state index contributed by atoms with van der Waals surface area (Å²) in [5.41, 5.74) is 0.980. The molecule has 1 aromatic carbocycles. The van der Waals surface area contributed by atoms with Crippen LogP contribution in [0.4, 0.5) is 0 Å². The molecule has 1 aliphatic carbocycles. The SMILES string of the molecule is O=C(CSC(Cc1ccccc1)C(=O)O)NC1CCCC1. The second-order valence-electron chi connectivity index (χ2n) is 5.38. The lowest BCUT2D eigenvalue weighted by Crippen LogP contribution is -2.35. The predicted molar refractivity (Wildman–Crippen MR) is 84.4 cm³/mol. The maximum atomic E-state index is 11.9. The number of hydrogen-bond donors (Lipinski definition) is 2. The zero-order chi connectivity index (χ0) is 15.1. The van der Waals surface area contributed by atoms with Crippen LogP contribution in [0.15, 0.2) is 30.3 Å². The van der Waals surface area contributed by atoms with Gasteiger partial charge in [0.2, 0.25) is 5.91 Å². The number of thioether (sulfide) groups is 1. The Labute approximate surface area is 129 Å². The molecule has 0 radical (unpaired) electrons. The second kappa shape index (κ2) is 8.08. The van der Waals surface area contributed by atoms with Crippen LogP contribution in [0.2, 0.25) is 0 Å². The smallest absolute Gasteiger partial charge is 0.316 e. The first-order chi connectivity index (χ1) is 10.1. The average molecular weight is 307 g/mol. The van der Waals surface area contributed by atoms with Crippen LogP contribution in [0.3, 0.4) is 0 Å². The monoisotopic (exact) mass is 307 g/mol. The standard InChI is InChI=1S/C16H21NO3S/c18-15(17-13-8-4-5-9-13)11-21-14(16(19)20)10-12-6-2-1-3-7-12/h1-3,6-7,13-14H,4-5,8-11H2,(H,17,18)(H,19,20). The Morgan fingerprint density at radius 2 is 1.90 bits per heavy atom. The number of aliphatic carboxylic acids is 1. The van der Waals surface area contributed by atoms with Crippen molar-refractivity contribution < 1.29 is 14.7 Å². The average Bonchev–Trinajstić information content (AvgIpc) is 2.97. The van der Waals surface area contributed by atoms with Crippen molar-refractivity contribution in [2.24, 2.45) is 0 Å². The van der Waals surface area contributed by atoms with E-state index >= 15 is 0 Å². The van der Waals surface area contributed by atoms with Crippen LogP contribution in [-0.4, -0.2) is 34.0 Å². The highest BCUT2D eigenvalue weighted by Gasteiger charge is 2.22. The third kappa shape index (κ3) is 5.42. The Bertz CT molecular complexity index is 472. The van der Waals surface area contributed by atoms with E-state index in [0.717, 1.165) is 18.4 Å². The minimum absolute atomic E-state index is 0.0498. The summed E-state index contributed by atoms with van der Waals surface area (Å²) in [6, 6.07) is 9.80. The van der Waals surface area contributed by atoms with Crippen LogP contribution in [-0.2, 0) is 16.0 Å². The molecule has 2 N–H and O–H groups in total. The summed E-state index contributed by atoms with van der Waals surface area (Å²) >= 11 is 1.20. The van der Waals surface area contributed by atoms with Crippen molar-refractivity contribution in [3.63, 3.8) is 0 Å². The molecular weight excluding hydrogens is 286 g/mol. The summed E-state index contributed by atoms with van der Waals surface area (Å²) in [5, 5.41) is 11.7. The summed E-state index contributed by atoms with van der Waals surface area (Å²) in [5.74, 6) is -0.705. The lowest BCUT2D eigenvalue weighted by atomic mass is 10.1. The first-order valence-electron chi connectivity index (χ1n) is 7.33. The van der Waals surface area contributed by atoms with E-state index in [1.54, 1.807) is 0 Å². The van der Waals surface area contributed by atoms with Crippen LogP contribution in [0.1, 0.15) is 31.2 Å². The van der Waals surface area contributed by atoms with Crippen molar-refractivity contribution in [2.45, 2.75) is 43.4 Å². The minimum Gasteiger partial charge on any atom is -0.480 e. The third-order valence-electron chi connectivity index (χ3n) is 3.68. The van der Waals surface area contributed by atoms with Crippen LogP contribution in [0, 0.1) is 0 Å². The highest BCUT2D eigenvalue weighted by atomic mass is 32.2. The van der Waals surface area contributed by atoms with Crippen LogP contribution in [0.25, 0.3) is 0 Å². The van der Waals surface area contributed by atoms with Crippen molar-refractivity contribution in [1.29, 1.82) is 0 Å². The van der Waals surface area contributed by atoms with E-state index in [-0.39, 0.29) is 17.7 Å². The zero-order valence-corrected chi connectivity index (χ0v) is 12.8. The second-order valence-corrected chi connectivity index (χ2v) is 6.57. The number of hydrogen-bond acceptors (Lipinski definition) is 3. The van der Waals surface area contributed by atoms with E-state index in [2.05, 4.69) is 5.32 Å². The summed E-state index contributed by atoms with van der Waals surface area (Å²) in [6.07, 6.45) is 4.87. The normalized spacial score (nSPS) is 16.6. The molecule has 0 spiro atoms. The van der Waals surface area contributed by atoms with Gasteiger partial charge in [0.05, 0.1) is 5.75 Å². The first kappa shape index (κ1) is 15.9. The lowest BCUT2D eigenvalue weighted by molar-refractivity contribution is -0.136. The fourth-order valence-corrected chi connectivity index (χ4v) is 3.45. The Morgan fingerprint density at radius 3 is 2.52 bits per heavy atom. The van der Waals surface area contributed by atoms with Crippen molar-refractivity contribution >= 4 is 23.6 Å². The Kier molecular flexibility index (Phi) is 6.11. The minimum atomic E-state index is -0.863. The van der Waals surface area contributed by atoms with Crippen LogP contribution >= 0.6 is 11.8 Å². The molecule has 1 unspecified atom stereocenters. The summed E-state index contributed by atoms with van der Waals surface area (Å²) in [7, 11) is 0. The fourth-order valence-electron chi connectivity index (χ4n) is 2.56. The van der Waals surface area contributed by atoms with Gasteiger partial charge >= 0.3 is 5.97 Å². The number of carboxylic acids is 1. The molecule has 4 nitrogen and oxygen atoms in total. The van der Waals surface area contributed by atoms with Gasteiger partial charge in [-0.3, -0.25) is 9.59 Å². The summed E-state index contributed by atoms with van der Waals surface area (Å²) in [4.78, 5) is 23.2. The number of nitrogens with one attached hydrogen (secondary N) is 1. The Morgan fingerprint density at radius 1 is 1.24 bits per heavy atom. The van der Waals surface area contributed by atoms with Gasteiger partial charge in [-0.15, -0.1) is 11.8 Å². The van der Waals surface area contributed by atoms with Gasteiger partial charge in [-0.25, -0.2) is 0 Å². The van der Waals surface area contributed by atoms with Crippen molar-refractivity contribution in [3.05, 3.63) is 35.9 Å². The van der Waals surface area contributed by atoms with Gasteiger partial charge in [-0.05, 0) is 24.8 Å². The molecule has 114 valence electrons. The molecule has 0 heterocycles. The molecule has 2 rings (SSSR count). The van der Waals surface area contributed by atoms with Gasteiger partial charge < -0.3 is 10.4 Å². The number of carbonyl (C=O) groups excluding carboxylic acids is 1. The molecule has 1 aliphatic rings. The van der Waals surface area contributed by atoms with Gasteiger partial charge in [0.15, 0.2) is 0 Å². The largest absolute Gasteiger partial charge is 0.480 e. The molecule has 0 saturated heterocycles. The van der Waals surface area contributed by atoms with Gasteiger partial charge in [0.25, 0.3) is 0 Å². The number of carbonyl (C=O) groups is 2. The van der Waals surface area contributed by atoms with Crippen molar-refractivity contribution in [1.82, 2.24) is 5.32 Å². The molecule has 1 aromatic rings. The molecule has 1 amide bonds. The molecule has 5 heteroatoms. The highest BCUT2D eigenvalue weighted by molar-refractivity contribution is 8.01. The highest BCUT2D eigenvalue weighted by Crippen LogP contribution is 2.19. The van der Waals surface area contributed by atoms with Gasteiger partial charge in [-0.2, -0.15) is 0 Å². The molecule has 1 saturated carbocycles. The van der Waals surface area contributed by atoms with Crippen molar-refractivity contribution in [3.8, 4) is 0 Å². The summed E-state index contributed by atoms with van der Waals surface area (Å²) < 4.78 is 0. The van der Waals surface area contributed by atoms with E-state index in [0.29, 0.717) is 6.42 Å². The van der Waals surface area contributed by atoms with E-state index in [1.165, 1.54) is 24.6 Å². The van der Waals surface area contributed by atoms with E-state index < -0.39 is 11.2 Å². The predicted octanol–water partition coefficient (Wildman–Crippen LogP) is 2.47. The zero-order valence-electron chi connectivity index (χ0n) is 12.0. The van der Waals surface area contributed by atoms with E-state index in [1.807, 2.05) is 30.3 Å². The Hall–Kier alpha value is -1.49. The van der Waals surface area contributed by atoms with Gasteiger partial charge in [0, 0.05) is 6.04 Å². The number of carboxylic acid groups (broad SMARTS) is 1. The summed E-state index contributed by atoms with van der Waals surface area (Å²) in [6.45, 7) is 0. The maximum absolute atomic E-state index is 11.9. The number of rotatable bonds is 7. The molecule has 0 aromatic heterocycles. The molecule has 0 bridgehead atoms. The van der Waals surface area contributed by atoms with Gasteiger partial charge in [0.1, 0.15) is 5.25 Å². The topological polar surface area (TPSA) is 66.4 Å². The first-order valence-corrected chi connectivity index (χ1v) is 8.37. The Balaban J connectivity index is 1.79. The van der Waals surface area contributed by atoms with Gasteiger partial charge in [-0.1, -0.05) is 43.2 Å². The fraction of sp³-hybridized carbons (Fsp3) is 0.500. The molecular formula is C16H21NO3S. The quantitative estimate of drug-likeness (QED) is 0.812. The number of amides is 1. The third-order valence-corrected chi connectivity index (χ3v) is 4.87. The van der Waals surface area contributed by atoms with Crippen molar-refractivity contribution in [2.75, 3.05) is 5.75 Å². The molecule has 1 fully saturated rings. The maximum Gasteiger partial charge on any atom is 0.316 e. The molecule has 21 heavy (non-hydrogen) atoms. The molecule has 1 atom stereocenters. The molecule has 0 aliphatic heterocycles. The van der Waals surface area contributed by atoms with Crippen LogP contribution in [0.5, 0.6) is 0 Å².